The van der Waals surface area contributed by atoms with E-state index < -0.39 is 0 Å². The molecular weight excluding hydrogens is 322 g/mol. The maximum Gasteiger partial charge on any atom is 0.246 e. The van der Waals surface area contributed by atoms with Crippen LogP contribution in [0.3, 0.4) is 0 Å². The predicted octanol–water partition coefficient (Wildman–Crippen LogP) is 4.48. The number of nitrogens with one attached hydrogen (secondary N) is 1. The highest BCUT2D eigenvalue weighted by molar-refractivity contribution is 5.98. The predicted molar refractivity (Wildman–Crippen MR) is 110 cm³/mol. The van der Waals surface area contributed by atoms with Crippen LogP contribution in [-0.2, 0) is 11.2 Å². The second kappa shape index (κ2) is 7.40. The number of anilines is 3. The summed E-state index contributed by atoms with van der Waals surface area (Å²) in [4.78, 5) is 15.2. The molecule has 0 saturated heterocycles. The Kier molecular flexibility index (Phi) is 5.21. The molecule has 1 heterocycles. The smallest absolute Gasteiger partial charge is 0.246 e. The zero-order chi connectivity index (χ0) is 18.8. The van der Waals surface area contributed by atoms with E-state index in [9.17, 15) is 4.79 Å². The summed E-state index contributed by atoms with van der Waals surface area (Å²) in [6.07, 6.45) is 1.99. The average molecular weight is 351 g/mol. The standard InChI is InChI=1S/C22H29N3O/c1-14(2)17-9-5-8-15(3)21(17)24-22(26)16(4)25-13-7-10-18-19(23)11-6-12-20(18)25/h5-6,8-9,11-12,14,16H,7,10,13,23H2,1-4H3,(H,24,26). The lowest BCUT2D eigenvalue weighted by molar-refractivity contribution is -0.117. The molecule has 1 aliphatic heterocycles. The van der Waals surface area contributed by atoms with Gasteiger partial charge >= 0.3 is 0 Å². The van der Waals surface area contributed by atoms with Gasteiger partial charge in [-0.3, -0.25) is 4.79 Å². The topological polar surface area (TPSA) is 58.4 Å². The highest BCUT2D eigenvalue weighted by Crippen LogP contribution is 2.33. The number of hydrogen-bond donors (Lipinski definition) is 2. The average Bonchev–Trinajstić information content (AvgIpc) is 2.62. The quantitative estimate of drug-likeness (QED) is 0.799. The number of carbonyl (C=O) groups is 1. The van der Waals surface area contributed by atoms with Gasteiger partial charge in [-0.1, -0.05) is 38.1 Å². The van der Waals surface area contributed by atoms with Crippen LogP contribution in [0, 0.1) is 6.92 Å². The van der Waals surface area contributed by atoms with Gasteiger partial charge < -0.3 is 16.0 Å². The van der Waals surface area contributed by atoms with Crippen molar-refractivity contribution in [1.29, 1.82) is 0 Å². The Labute approximate surface area is 156 Å². The number of nitrogens with two attached hydrogens (primary N) is 1. The van der Waals surface area contributed by atoms with Crippen molar-refractivity contribution in [3.05, 3.63) is 53.1 Å². The maximum absolute atomic E-state index is 13.0. The highest BCUT2D eigenvalue weighted by Gasteiger charge is 2.27. The van der Waals surface area contributed by atoms with Crippen molar-refractivity contribution < 1.29 is 4.79 Å². The van der Waals surface area contributed by atoms with E-state index in [-0.39, 0.29) is 11.9 Å². The number of fused-ring (bicyclic) bond motifs is 1. The fourth-order valence-electron chi connectivity index (χ4n) is 3.79. The number of para-hydroxylation sites is 1. The maximum atomic E-state index is 13.0. The first kappa shape index (κ1) is 18.3. The minimum atomic E-state index is -0.254. The van der Waals surface area contributed by atoms with Gasteiger partial charge in [0.05, 0.1) is 0 Å². The van der Waals surface area contributed by atoms with Crippen LogP contribution in [0.15, 0.2) is 36.4 Å². The van der Waals surface area contributed by atoms with Gasteiger partial charge in [-0.05, 0) is 61.4 Å². The van der Waals surface area contributed by atoms with Gasteiger partial charge in [0.2, 0.25) is 5.91 Å². The number of benzene rings is 2. The molecule has 0 spiro atoms. The van der Waals surface area contributed by atoms with E-state index in [1.807, 2.05) is 38.1 Å². The van der Waals surface area contributed by atoms with E-state index >= 15 is 0 Å². The van der Waals surface area contributed by atoms with E-state index in [4.69, 9.17) is 5.73 Å². The summed E-state index contributed by atoms with van der Waals surface area (Å²) in [5.74, 6) is 0.382. The van der Waals surface area contributed by atoms with Crippen molar-refractivity contribution in [2.45, 2.75) is 52.5 Å². The zero-order valence-corrected chi connectivity index (χ0v) is 16.2. The van der Waals surface area contributed by atoms with Crippen molar-refractivity contribution in [1.82, 2.24) is 0 Å². The summed E-state index contributed by atoms with van der Waals surface area (Å²) in [5.41, 5.74) is 12.4. The Morgan fingerprint density at radius 2 is 1.88 bits per heavy atom. The van der Waals surface area contributed by atoms with Crippen LogP contribution < -0.4 is 16.0 Å². The number of carbonyl (C=O) groups excluding carboxylic acids is 1. The molecule has 0 bridgehead atoms. The first-order valence-corrected chi connectivity index (χ1v) is 9.44. The first-order valence-electron chi connectivity index (χ1n) is 9.44. The molecule has 0 saturated carbocycles. The molecule has 3 N–H and O–H groups in total. The summed E-state index contributed by atoms with van der Waals surface area (Å²) < 4.78 is 0. The van der Waals surface area contributed by atoms with Gasteiger partial charge in [0, 0.05) is 23.6 Å². The van der Waals surface area contributed by atoms with E-state index in [2.05, 4.69) is 36.2 Å². The molecule has 0 aliphatic carbocycles. The molecule has 1 amide bonds. The van der Waals surface area contributed by atoms with E-state index in [1.54, 1.807) is 0 Å². The monoisotopic (exact) mass is 351 g/mol. The lowest BCUT2D eigenvalue weighted by Crippen LogP contribution is -2.45. The van der Waals surface area contributed by atoms with Crippen molar-refractivity contribution in [3.63, 3.8) is 0 Å². The second-order valence-corrected chi connectivity index (χ2v) is 7.50. The van der Waals surface area contributed by atoms with Gasteiger partial charge in [-0.2, -0.15) is 0 Å². The molecule has 1 atom stereocenters. The van der Waals surface area contributed by atoms with Crippen molar-refractivity contribution >= 4 is 23.0 Å². The molecule has 2 aromatic rings. The van der Waals surface area contributed by atoms with E-state index in [1.165, 1.54) is 5.56 Å². The lowest BCUT2D eigenvalue weighted by atomic mass is 9.97. The van der Waals surface area contributed by atoms with Crippen LogP contribution in [0.4, 0.5) is 17.1 Å². The molecule has 1 aliphatic rings. The largest absolute Gasteiger partial charge is 0.398 e. The fourth-order valence-corrected chi connectivity index (χ4v) is 3.79. The van der Waals surface area contributed by atoms with Crippen LogP contribution >= 0.6 is 0 Å². The van der Waals surface area contributed by atoms with Gasteiger partial charge in [0.15, 0.2) is 0 Å². The van der Waals surface area contributed by atoms with Gasteiger partial charge in [-0.25, -0.2) is 0 Å². The van der Waals surface area contributed by atoms with Gasteiger partial charge in [0.25, 0.3) is 0 Å². The van der Waals surface area contributed by atoms with Crippen LogP contribution in [0.1, 0.15) is 49.8 Å². The number of rotatable bonds is 4. The molecule has 1 unspecified atom stereocenters. The Hall–Kier alpha value is -2.49. The lowest BCUT2D eigenvalue weighted by Gasteiger charge is -2.36. The van der Waals surface area contributed by atoms with Crippen LogP contribution in [0.5, 0.6) is 0 Å². The van der Waals surface area contributed by atoms with Crippen LogP contribution in [-0.4, -0.2) is 18.5 Å². The summed E-state index contributed by atoms with van der Waals surface area (Å²) in [7, 11) is 0. The zero-order valence-electron chi connectivity index (χ0n) is 16.2. The molecule has 2 aromatic carbocycles. The molecule has 26 heavy (non-hydrogen) atoms. The first-order chi connectivity index (χ1) is 12.4. The number of nitrogens with zero attached hydrogens (tertiary/aromatic N) is 1. The van der Waals surface area contributed by atoms with Gasteiger partial charge in [-0.15, -0.1) is 0 Å². The molecule has 0 radical (unpaired) electrons. The normalized spacial score (nSPS) is 14.9. The number of amides is 1. The molecule has 4 heteroatoms. The number of nitrogen functional groups attached to an aromatic ring is 1. The summed E-state index contributed by atoms with van der Waals surface area (Å²) in [6, 6.07) is 11.9. The SMILES string of the molecule is Cc1cccc(C(C)C)c1NC(=O)C(C)N1CCCc2c(N)cccc21. The molecule has 4 nitrogen and oxygen atoms in total. The summed E-state index contributed by atoms with van der Waals surface area (Å²) >= 11 is 0. The number of hydrogen-bond acceptors (Lipinski definition) is 3. The van der Waals surface area contributed by atoms with E-state index in [0.29, 0.717) is 5.92 Å². The van der Waals surface area contributed by atoms with Gasteiger partial charge in [0.1, 0.15) is 6.04 Å². The third-order valence-electron chi connectivity index (χ3n) is 5.34. The van der Waals surface area contributed by atoms with E-state index in [0.717, 1.165) is 47.6 Å². The Morgan fingerprint density at radius 1 is 1.15 bits per heavy atom. The Morgan fingerprint density at radius 3 is 2.62 bits per heavy atom. The third-order valence-corrected chi connectivity index (χ3v) is 5.34. The minimum absolute atomic E-state index is 0.0245. The molecule has 0 aromatic heterocycles. The third kappa shape index (κ3) is 3.41. The Bertz CT molecular complexity index is 813. The fraction of sp³-hybridized carbons (Fsp3) is 0.409. The minimum Gasteiger partial charge on any atom is -0.398 e. The molecular formula is C22H29N3O. The summed E-state index contributed by atoms with van der Waals surface area (Å²) in [5, 5.41) is 3.19. The van der Waals surface area contributed by atoms with Crippen molar-refractivity contribution in [2.75, 3.05) is 22.5 Å². The van der Waals surface area contributed by atoms with Crippen molar-refractivity contribution in [2.24, 2.45) is 0 Å². The molecule has 0 fully saturated rings. The molecule has 3 rings (SSSR count). The summed E-state index contributed by atoms with van der Waals surface area (Å²) in [6.45, 7) is 9.19. The highest BCUT2D eigenvalue weighted by atomic mass is 16.2. The van der Waals surface area contributed by atoms with Crippen molar-refractivity contribution in [3.8, 4) is 0 Å². The van der Waals surface area contributed by atoms with Crippen LogP contribution in [0.25, 0.3) is 0 Å². The Balaban J connectivity index is 1.86. The number of aryl methyl sites for hydroxylation is 1. The molecule has 138 valence electrons. The van der Waals surface area contributed by atoms with Crippen LogP contribution in [0.2, 0.25) is 0 Å². The second-order valence-electron chi connectivity index (χ2n) is 7.50.